The number of hydrogen-bond acceptors (Lipinski definition) is 5. The SMILES string of the molecule is [B]C([B])(OCC)c1nc2c(N)nc3ccccc3c2n1CC(C)(C)O. The number of nitrogens with two attached hydrogens (primary N) is 1. The number of fused-ring (bicyclic) bond motifs is 3. The van der Waals surface area contributed by atoms with E-state index >= 15 is 0 Å². The van der Waals surface area contributed by atoms with Crippen LogP contribution in [0.15, 0.2) is 24.3 Å². The highest BCUT2D eigenvalue weighted by Crippen LogP contribution is 2.32. The number of hydrogen-bond donors (Lipinski definition) is 2. The van der Waals surface area contributed by atoms with Gasteiger partial charge in [0.2, 0.25) is 0 Å². The second-order valence-corrected chi connectivity index (χ2v) is 6.77. The highest BCUT2D eigenvalue weighted by molar-refractivity contribution is 6.38. The van der Waals surface area contributed by atoms with Crippen molar-refractivity contribution in [2.75, 3.05) is 12.3 Å². The van der Waals surface area contributed by atoms with Gasteiger partial charge in [0.15, 0.2) is 5.82 Å². The fraction of sp³-hybridized carbons (Fsp3) is 0.412. The third-order valence-corrected chi connectivity index (χ3v) is 3.89. The van der Waals surface area contributed by atoms with Crippen molar-refractivity contribution in [3.63, 3.8) is 0 Å². The predicted molar refractivity (Wildman–Crippen MR) is 101 cm³/mol. The van der Waals surface area contributed by atoms with Gasteiger partial charge < -0.3 is 20.1 Å². The fourth-order valence-electron chi connectivity index (χ4n) is 3.00. The summed E-state index contributed by atoms with van der Waals surface area (Å²) in [7, 11) is 12.3. The Morgan fingerprint density at radius 2 is 1.92 bits per heavy atom. The van der Waals surface area contributed by atoms with Crippen molar-refractivity contribution in [1.29, 1.82) is 0 Å². The highest BCUT2D eigenvalue weighted by Gasteiger charge is 2.31. The van der Waals surface area contributed by atoms with Crippen LogP contribution in [0, 0.1) is 0 Å². The number of imidazole rings is 1. The smallest absolute Gasteiger partial charge is 0.152 e. The molecular weight excluding hydrogens is 314 g/mol. The molecule has 0 unspecified atom stereocenters. The molecule has 0 fully saturated rings. The van der Waals surface area contributed by atoms with Crippen LogP contribution in [-0.2, 0) is 16.7 Å². The third-order valence-electron chi connectivity index (χ3n) is 3.89. The molecule has 0 aliphatic rings. The van der Waals surface area contributed by atoms with Crippen molar-refractivity contribution >= 4 is 43.4 Å². The second kappa shape index (κ2) is 6.04. The lowest BCUT2D eigenvalue weighted by Crippen LogP contribution is -2.37. The van der Waals surface area contributed by atoms with Crippen molar-refractivity contribution in [1.82, 2.24) is 14.5 Å². The average molecular weight is 334 g/mol. The summed E-state index contributed by atoms with van der Waals surface area (Å²) in [6.07, 6.45) is 0. The van der Waals surface area contributed by atoms with Crippen LogP contribution in [0.4, 0.5) is 5.82 Å². The van der Waals surface area contributed by atoms with E-state index in [4.69, 9.17) is 26.2 Å². The summed E-state index contributed by atoms with van der Waals surface area (Å²) >= 11 is 0. The molecule has 8 heteroatoms. The second-order valence-electron chi connectivity index (χ2n) is 6.77. The zero-order valence-electron chi connectivity index (χ0n) is 14.7. The lowest BCUT2D eigenvalue weighted by molar-refractivity contribution is 0.0508. The molecule has 0 amide bonds. The molecule has 2 aromatic heterocycles. The maximum Gasteiger partial charge on any atom is 0.152 e. The summed E-state index contributed by atoms with van der Waals surface area (Å²) in [5.41, 5.74) is 7.02. The molecule has 0 saturated carbocycles. The van der Waals surface area contributed by atoms with E-state index < -0.39 is 11.0 Å². The predicted octanol–water partition coefficient (Wildman–Crippen LogP) is 1.42. The number of nitrogen functional groups attached to an aromatic ring is 1. The average Bonchev–Trinajstić information content (AvgIpc) is 2.86. The minimum absolute atomic E-state index is 0.218. The number of aromatic nitrogens is 3. The lowest BCUT2D eigenvalue weighted by Gasteiger charge is -2.29. The monoisotopic (exact) mass is 334 g/mol. The first kappa shape index (κ1) is 17.8. The Morgan fingerprint density at radius 1 is 1.24 bits per heavy atom. The molecule has 0 aliphatic carbocycles. The van der Waals surface area contributed by atoms with Crippen LogP contribution in [0.3, 0.4) is 0 Å². The Morgan fingerprint density at radius 3 is 2.56 bits per heavy atom. The van der Waals surface area contributed by atoms with Gasteiger partial charge in [-0.15, -0.1) is 0 Å². The van der Waals surface area contributed by atoms with Gasteiger partial charge in [0.1, 0.15) is 27.0 Å². The maximum absolute atomic E-state index is 10.4. The number of para-hydroxylation sites is 1. The number of anilines is 1. The van der Waals surface area contributed by atoms with Crippen molar-refractivity contribution in [3.8, 4) is 0 Å². The molecule has 0 bridgehead atoms. The molecule has 3 aromatic rings. The van der Waals surface area contributed by atoms with Crippen LogP contribution >= 0.6 is 0 Å². The zero-order chi connectivity index (χ0) is 18.4. The molecule has 0 saturated heterocycles. The van der Waals surface area contributed by atoms with E-state index in [1.54, 1.807) is 25.3 Å². The van der Waals surface area contributed by atoms with Crippen LogP contribution < -0.4 is 5.73 Å². The van der Waals surface area contributed by atoms with Gasteiger partial charge in [-0.1, -0.05) is 18.2 Å². The van der Waals surface area contributed by atoms with Gasteiger partial charge in [-0.25, -0.2) is 9.97 Å². The van der Waals surface area contributed by atoms with E-state index in [-0.39, 0.29) is 18.2 Å². The Bertz CT molecular complexity index is 932. The summed E-state index contributed by atoms with van der Waals surface area (Å²) in [6, 6.07) is 7.58. The first-order valence-corrected chi connectivity index (χ1v) is 8.13. The van der Waals surface area contributed by atoms with Gasteiger partial charge in [-0.05, 0) is 26.8 Å². The van der Waals surface area contributed by atoms with E-state index in [1.165, 1.54) is 0 Å². The molecule has 6 nitrogen and oxygen atoms in total. The van der Waals surface area contributed by atoms with Gasteiger partial charge in [-0.2, -0.15) is 0 Å². The number of rotatable bonds is 5. The zero-order valence-corrected chi connectivity index (χ0v) is 14.7. The van der Waals surface area contributed by atoms with E-state index in [9.17, 15) is 5.11 Å². The van der Waals surface area contributed by atoms with Gasteiger partial charge >= 0.3 is 0 Å². The van der Waals surface area contributed by atoms with Crippen molar-refractivity contribution < 1.29 is 9.84 Å². The number of ether oxygens (including phenoxy) is 1. The van der Waals surface area contributed by atoms with Crippen LogP contribution in [0.2, 0.25) is 0 Å². The molecule has 0 aliphatic heterocycles. The summed E-state index contributed by atoms with van der Waals surface area (Å²) in [5.74, 6) is 0.563. The Labute approximate surface area is 149 Å². The van der Waals surface area contributed by atoms with Gasteiger partial charge in [-0.3, -0.25) is 0 Å². The summed E-state index contributed by atoms with van der Waals surface area (Å²) < 4.78 is 7.25. The molecule has 2 heterocycles. The highest BCUT2D eigenvalue weighted by atomic mass is 16.5. The first-order chi connectivity index (χ1) is 11.6. The molecule has 3 rings (SSSR count). The van der Waals surface area contributed by atoms with Crippen molar-refractivity contribution in [2.24, 2.45) is 0 Å². The largest absolute Gasteiger partial charge is 0.389 e. The summed E-state index contributed by atoms with van der Waals surface area (Å²) in [5, 5.41) is 9.62. The molecule has 25 heavy (non-hydrogen) atoms. The van der Waals surface area contributed by atoms with Crippen molar-refractivity contribution in [3.05, 3.63) is 30.1 Å². The van der Waals surface area contributed by atoms with Crippen LogP contribution in [0.5, 0.6) is 0 Å². The van der Waals surface area contributed by atoms with E-state index in [0.29, 0.717) is 12.1 Å². The Kier molecular flexibility index (Phi) is 4.29. The third kappa shape index (κ3) is 3.24. The topological polar surface area (TPSA) is 86.2 Å². The molecule has 4 radical (unpaired) electrons. The molecule has 0 atom stereocenters. The normalized spacial score (nSPS) is 13.0. The fourth-order valence-corrected chi connectivity index (χ4v) is 3.00. The van der Waals surface area contributed by atoms with Crippen LogP contribution in [-0.4, -0.2) is 47.5 Å². The quantitative estimate of drug-likeness (QED) is 0.690. The Balaban J connectivity index is 2.42. The van der Waals surface area contributed by atoms with Gasteiger partial charge in [0.05, 0.1) is 23.2 Å². The van der Waals surface area contributed by atoms with Gasteiger partial charge in [0, 0.05) is 17.4 Å². The number of nitrogens with zero attached hydrogens (tertiary/aromatic N) is 3. The molecule has 0 spiro atoms. The molecule has 3 N–H and O–H groups in total. The molecule has 126 valence electrons. The molecule has 1 aromatic carbocycles. The Hall–Kier alpha value is -2.05. The van der Waals surface area contributed by atoms with Gasteiger partial charge in [0.25, 0.3) is 0 Å². The van der Waals surface area contributed by atoms with E-state index in [0.717, 1.165) is 16.4 Å². The first-order valence-electron chi connectivity index (χ1n) is 8.13. The summed E-state index contributed by atoms with van der Waals surface area (Å²) in [6.45, 7) is 5.72. The number of benzene rings is 1. The maximum atomic E-state index is 10.4. The van der Waals surface area contributed by atoms with Crippen molar-refractivity contribution in [2.45, 2.75) is 38.3 Å². The van der Waals surface area contributed by atoms with E-state index in [1.807, 2.05) is 24.3 Å². The van der Waals surface area contributed by atoms with Crippen LogP contribution in [0.1, 0.15) is 26.6 Å². The minimum atomic E-state index is -1.62. The minimum Gasteiger partial charge on any atom is -0.389 e. The molecular formula is C17H20B2N4O2. The van der Waals surface area contributed by atoms with Crippen LogP contribution in [0.25, 0.3) is 21.9 Å². The standard InChI is InChI=1S/C17H20B2N4O2/c1-4-25-17(18,19)15-22-12-13(23(15)9-16(2,3)24)10-7-5-6-8-11(10)21-14(12)20/h5-8,24H,4,9H2,1-3H3,(H2,20,21). The number of aliphatic hydroxyl groups is 1. The lowest BCUT2D eigenvalue weighted by atomic mass is 9.64. The van der Waals surface area contributed by atoms with E-state index in [2.05, 4.69) is 9.97 Å². The summed E-state index contributed by atoms with van der Waals surface area (Å²) in [4.78, 5) is 8.93. The number of pyridine rings is 1.